The summed E-state index contributed by atoms with van der Waals surface area (Å²) in [7, 11) is 1.93. The van der Waals surface area contributed by atoms with Gasteiger partial charge < -0.3 is 9.40 Å². The van der Waals surface area contributed by atoms with Crippen molar-refractivity contribution in [2.75, 3.05) is 7.05 Å². The Labute approximate surface area is 205 Å². The van der Waals surface area contributed by atoms with Crippen LogP contribution in [0.4, 0.5) is 5.69 Å². The van der Waals surface area contributed by atoms with Crippen LogP contribution in [0.25, 0.3) is 33.3 Å². The molecule has 33 heavy (non-hydrogen) atoms. The zero-order chi connectivity index (χ0) is 21.9. The third-order valence-corrected chi connectivity index (χ3v) is 5.01. The Balaban J connectivity index is 0.000000164. The van der Waals surface area contributed by atoms with Crippen LogP contribution in [0.5, 0.6) is 0 Å². The van der Waals surface area contributed by atoms with Crippen molar-refractivity contribution in [3.63, 3.8) is 0 Å². The molecule has 0 N–H and O–H groups in total. The molecule has 1 radical (unpaired) electrons. The van der Waals surface area contributed by atoms with Crippen LogP contribution in [0, 0.1) is 19.1 Å². The Bertz CT molecular complexity index is 1510. The molecule has 0 bridgehead atoms. The number of benzene rings is 2. The molecular formula is C27H20IrN4O. The SMILES string of the molecule is C[N+]1=C=[N+](c2[c-]c3oc4ncccc4c3cc2)C=C1.Cc1ccc(-c2[c-]cccc2)nc1.[Ir]. The zero-order valence-corrected chi connectivity index (χ0v) is 20.5. The first kappa shape index (κ1) is 22.5. The van der Waals surface area contributed by atoms with Crippen LogP contribution >= 0.6 is 0 Å². The van der Waals surface area contributed by atoms with Gasteiger partial charge in [0.05, 0.1) is 0 Å². The van der Waals surface area contributed by atoms with Crippen LogP contribution < -0.4 is 0 Å². The van der Waals surface area contributed by atoms with Crippen molar-refractivity contribution in [1.82, 2.24) is 9.97 Å². The van der Waals surface area contributed by atoms with Crippen molar-refractivity contribution in [1.29, 1.82) is 0 Å². The summed E-state index contributed by atoms with van der Waals surface area (Å²) >= 11 is 0. The van der Waals surface area contributed by atoms with Crippen LogP contribution in [0.3, 0.4) is 0 Å². The van der Waals surface area contributed by atoms with Crippen molar-refractivity contribution in [3.8, 4) is 11.3 Å². The molecule has 6 rings (SSSR count). The monoisotopic (exact) mass is 609 g/mol. The third kappa shape index (κ3) is 4.89. The summed E-state index contributed by atoms with van der Waals surface area (Å²) in [5.41, 5.74) is 5.46. The molecule has 0 amide bonds. The molecule has 2 aromatic carbocycles. The molecule has 0 saturated heterocycles. The topological polar surface area (TPSA) is 44.9 Å². The number of nitrogens with zero attached hydrogens (tertiary/aromatic N) is 4. The number of pyridine rings is 2. The van der Waals surface area contributed by atoms with E-state index >= 15 is 0 Å². The van der Waals surface area contributed by atoms with Gasteiger partial charge in [-0.1, -0.05) is 44.9 Å². The molecule has 5 nitrogen and oxygen atoms in total. The van der Waals surface area contributed by atoms with E-state index in [1.54, 1.807) is 6.20 Å². The Morgan fingerprint density at radius 1 is 0.939 bits per heavy atom. The van der Waals surface area contributed by atoms with Crippen LogP contribution in [-0.4, -0.2) is 32.2 Å². The van der Waals surface area contributed by atoms with Gasteiger partial charge >= 0.3 is 6.01 Å². The average molecular weight is 609 g/mol. The van der Waals surface area contributed by atoms with Gasteiger partial charge in [0.25, 0.3) is 6.20 Å². The standard InChI is InChI=1S/C15H10N3O.C12H10N.Ir/c1-17-7-8-18(10-17)11-4-5-12-13-3-2-6-16-15(13)19-14(12)9-11;1-10-7-8-12(13-9-10)11-5-3-2-4-6-11;/h2-8H,1H3;2-5,7-9H,1H3;/q+1;-1;. The molecule has 0 spiro atoms. The summed E-state index contributed by atoms with van der Waals surface area (Å²) in [5.74, 6) is 0. The van der Waals surface area contributed by atoms with Gasteiger partial charge in [-0.3, -0.25) is 0 Å². The number of aryl methyl sites for hydroxylation is 1. The predicted molar refractivity (Wildman–Crippen MR) is 124 cm³/mol. The fourth-order valence-corrected chi connectivity index (χ4v) is 3.39. The van der Waals surface area contributed by atoms with Crippen molar-refractivity contribution >= 4 is 33.8 Å². The minimum Gasteiger partial charge on any atom is -0.465 e. The predicted octanol–water partition coefficient (Wildman–Crippen LogP) is 5.58. The molecule has 6 heteroatoms. The fourth-order valence-electron chi connectivity index (χ4n) is 3.39. The first-order valence-electron chi connectivity index (χ1n) is 10.2. The Kier molecular flexibility index (Phi) is 6.71. The van der Waals surface area contributed by atoms with Crippen molar-refractivity contribution < 1.29 is 33.7 Å². The molecule has 1 aliphatic heterocycles. The van der Waals surface area contributed by atoms with Gasteiger partial charge in [0.15, 0.2) is 7.05 Å². The van der Waals surface area contributed by atoms with Crippen LogP contribution in [0.15, 0.2) is 89.9 Å². The summed E-state index contributed by atoms with van der Waals surface area (Å²) in [6.07, 6.45) is 7.46. The third-order valence-electron chi connectivity index (χ3n) is 5.01. The number of aromatic nitrogens is 2. The quantitative estimate of drug-likeness (QED) is 0.194. The van der Waals surface area contributed by atoms with Gasteiger partial charge in [-0.25, -0.2) is 4.98 Å². The minimum absolute atomic E-state index is 0. The van der Waals surface area contributed by atoms with Gasteiger partial charge in [0, 0.05) is 38.1 Å². The van der Waals surface area contributed by atoms with E-state index in [1.165, 1.54) is 5.56 Å². The maximum absolute atomic E-state index is 5.72. The molecule has 163 valence electrons. The second kappa shape index (κ2) is 9.84. The van der Waals surface area contributed by atoms with Crippen molar-refractivity contribution in [3.05, 3.63) is 103 Å². The number of furan rings is 1. The number of hydrogen-bond acceptors (Lipinski definition) is 3. The van der Waals surface area contributed by atoms with Crippen molar-refractivity contribution in [2.24, 2.45) is 0 Å². The van der Waals surface area contributed by atoms with Crippen LogP contribution in [0.2, 0.25) is 0 Å². The van der Waals surface area contributed by atoms with E-state index in [1.807, 2.05) is 96.3 Å². The molecule has 0 unspecified atom stereocenters. The Morgan fingerprint density at radius 2 is 1.85 bits per heavy atom. The minimum atomic E-state index is 0. The van der Waals surface area contributed by atoms with Gasteiger partial charge in [0.2, 0.25) is 11.9 Å². The van der Waals surface area contributed by atoms with E-state index in [2.05, 4.69) is 34.2 Å². The summed E-state index contributed by atoms with van der Waals surface area (Å²) in [6, 6.07) is 29.4. The first-order chi connectivity index (χ1) is 15.7. The molecule has 0 aliphatic carbocycles. The molecule has 1 aliphatic rings. The Hall–Kier alpha value is -3.69. The average Bonchev–Trinajstić information content (AvgIpc) is 3.43. The summed E-state index contributed by atoms with van der Waals surface area (Å²) in [6.45, 7) is 2.03. The molecule has 0 saturated carbocycles. The zero-order valence-electron chi connectivity index (χ0n) is 18.1. The molecular weight excluding hydrogens is 589 g/mol. The smallest absolute Gasteiger partial charge is 0.465 e. The van der Waals surface area contributed by atoms with E-state index in [-0.39, 0.29) is 20.1 Å². The van der Waals surface area contributed by atoms with Crippen LogP contribution in [0.1, 0.15) is 5.56 Å². The normalized spacial score (nSPS) is 12.1. The van der Waals surface area contributed by atoms with E-state index in [0.717, 1.165) is 33.3 Å². The summed E-state index contributed by atoms with van der Waals surface area (Å²) < 4.78 is 9.46. The number of rotatable bonds is 2. The number of fused-ring (bicyclic) bond motifs is 3. The Morgan fingerprint density at radius 3 is 2.58 bits per heavy atom. The van der Waals surface area contributed by atoms with E-state index < -0.39 is 0 Å². The van der Waals surface area contributed by atoms with Gasteiger partial charge in [-0.2, -0.15) is 6.07 Å². The van der Waals surface area contributed by atoms with Crippen LogP contribution in [-0.2, 0) is 20.1 Å². The maximum Gasteiger partial charge on any atom is 0.493 e. The molecule has 0 atom stereocenters. The fraction of sp³-hybridized carbons (Fsp3) is 0.0741. The van der Waals surface area contributed by atoms with Crippen molar-refractivity contribution in [2.45, 2.75) is 6.92 Å². The van der Waals surface area contributed by atoms with Gasteiger partial charge in [-0.15, -0.1) is 35.9 Å². The maximum atomic E-state index is 5.72. The second-order valence-corrected chi connectivity index (χ2v) is 7.42. The number of hydrogen-bond donors (Lipinski definition) is 0. The molecule has 3 aromatic heterocycles. The molecule has 0 fully saturated rings. The largest absolute Gasteiger partial charge is 0.493 e. The summed E-state index contributed by atoms with van der Waals surface area (Å²) in [4.78, 5) is 8.54. The van der Waals surface area contributed by atoms with E-state index in [4.69, 9.17) is 4.42 Å². The van der Waals surface area contributed by atoms with E-state index in [0.29, 0.717) is 5.71 Å². The van der Waals surface area contributed by atoms with Gasteiger partial charge in [0.1, 0.15) is 5.69 Å². The molecule has 5 aromatic rings. The first-order valence-corrected chi connectivity index (χ1v) is 10.2. The van der Waals surface area contributed by atoms with Gasteiger partial charge in [-0.05, 0) is 29.6 Å². The second-order valence-electron chi connectivity index (χ2n) is 7.42. The summed E-state index contributed by atoms with van der Waals surface area (Å²) in [5, 5.41) is 2.05. The molecule has 4 heterocycles. The van der Waals surface area contributed by atoms with E-state index in [9.17, 15) is 0 Å².